The molecule has 6 nitrogen and oxygen atoms in total. The molecule has 0 saturated carbocycles. The minimum absolute atomic E-state index is 0.122. The molecule has 4 rings (SSSR count). The van der Waals surface area contributed by atoms with Crippen molar-refractivity contribution in [2.45, 2.75) is 38.8 Å². The Morgan fingerprint density at radius 3 is 2.82 bits per heavy atom. The van der Waals surface area contributed by atoms with Gasteiger partial charge in [0.2, 0.25) is 0 Å². The zero-order valence-electron chi connectivity index (χ0n) is 16.1. The Hall–Kier alpha value is -3.28. The van der Waals surface area contributed by atoms with Crippen LogP contribution in [0.4, 0.5) is 0 Å². The molecule has 144 valence electrons. The molecule has 1 aliphatic rings. The number of nitrogens with one attached hydrogen (secondary N) is 2. The second-order valence-electron chi connectivity index (χ2n) is 7.82. The predicted octanol–water partition coefficient (Wildman–Crippen LogP) is 4.12. The second-order valence-corrected chi connectivity index (χ2v) is 7.82. The molecule has 0 unspecified atom stereocenters. The summed E-state index contributed by atoms with van der Waals surface area (Å²) >= 11 is 0. The number of ether oxygens (including phenoxy) is 1. The van der Waals surface area contributed by atoms with Gasteiger partial charge in [0.05, 0.1) is 11.7 Å². The first-order valence-corrected chi connectivity index (χ1v) is 9.27. The highest BCUT2D eigenvalue weighted by Crippen LogP contribution is 2.40. The molecule has 1 amide bonds. The van der Waals surface area contributed by atoms with Crippen LogP contribution in [0.15, 0.2) is 48.5 Å². The van der Waals surface area contributed by atoms with Crippen LogP contribution in [-0.4, -0.2) is 26.8 Å². The molecule has 0 fully saturated rings. The lowest BCUT2D eigenvalue weighted by molar-refractivity contribution is 0.0617. The van der Waals surface area contributed by atoms with Gasteiger partial charge in [-0.05, 0) is 50.6 Å². The van der Waals surface area contributed by atoms with Crippen molar-refractivity contribution in [2.75, 3.05) is 0 Å². The molecule has 0 aliphatic carbocycles. The summed E-state index contributed by atoms with van der Waals surface area (Å²) < 4.78 is 6.09. The van der Waals surface area contributed by atoms with E-state index in [-0.39, 0.29) is 23.3 Å². The van der Waals surface area contributed by atoms with Gasteiger partial charge < -0.3 is 15.2 Å². The Bertz CT molecular complexity index is 1040. The topological polar surface area (TPSA) is 87.2 Å². The monoisotopic (exact) mass is 377 g/mol. The highest BCUT2D eigenvalue weighted by Gasteiger charge is 2.34. The lowest BCUT2D eigenvalue weighted by Gasteiger charge is -2.38. The van der Waals surface area contributed by atoms with Gasteiger partial charge in [0.25, 0.3) is 5.91 Å². The van der Waals surface area contributed by atoms with E-state index in [1.54, 1.807) is 24.3 Å². The zero-order chi connectivity index (χ0) is 19.9. The average molecular weight is 377 g/mol. The van der Waals surface area contributed by atoms with Crippen LogP contribution in [0.5, 0.6) is 11.5 Å². The number of para-hydroxylation sites is 1. The molecule has 2 aromatic carbocycles. The van der Waals surface area contributed by atoms with E-state index < -0.39 is 0 Å². The van der Waals surface area contributed by atoms with Crippen LogP contribution in [0.3, 0.4) is 0 Å². The van der Waals surface area contributed by atoms with Crippen LogP contribution in [0.1, 0.15) is 47.9 Å². The molecule has 3 aromatic rings. The lowest BCUT2D eigenvalue weighted by atomic mass is 9.89. The van der Waals surface area contributed by atoms with Gasteiger partial charge in [0.1, 0.15) is 22.8 Å². The average Bonchev–Trinajstić information content (AvgIpc) is 3.10. The minimum atomic E-state index is -0.381. The van der Waals surface area contributed by atoms with Crippen LogP contribution in [0, 0.1) is 6.92 Å². The Labute approximate surface area is 163 Å². The van der Waals surface area contributed by atoms with Crippen LogP contribution in [0.2, 0.25) is 0 Å². The number of amides is 1. The number of aromatic amines is 1. The van der Waals surface area contributed by atoms with E-state index in [0.717, 1.165) is 16.9 Å². The van der Waals surface area contributed by atoms with E-state index >= 15 is 0 Å². The molecule has 6 heteroatoms. The van der Waals surface area contributed by atoms with E-state index in [4.69, 9.17) is 4.74 Å². The maximum atomic E-state index is 12.8. The number of benzene rings is 2. The number of H-pyrrole nitrogens is 1. The van der Waals surface area contributed by atoms with Crippen molar-refractivity contribution >= 4 is 5.91 Å². The Balaban J connectivity index is 1.59. The molecule has 28 heavy (non-hydrogen) atoms. The third kappa shape index (κ3) is 3.45. The number of aryl methyl sites for hydroxylation is 1. The number of aromatic nitrogens is 2. The summed E-state index contributed by atoms with van der Waals surface area (Å²) in [6, 6.07) is 14.4. The summed E-state index contributed by atoms with van der Waals surface area (Å²) in [5.41, 5.74) is 3.14. The Morgan fingerprint density at radius 2 is 2.04 bits per heavy atom. The van der Waals surface area contributed by atoms with Gasteiger partial charge in [-0.25, -0.2) is 0 Å². The molecule has 3 N–H and O–H groups in total. The Morgan fingerprint density at radius 1 is 1.25 bits per heavy atom. The van der Waals surface area contributed by atoms with E-state index in [9.17, 15) is 9.90 Å². The van der Waals surface area contributed by atoms with E-state index in [2.05, 4.69) is 15.5 Å². The number of phenols is 1. The summed E-state index contributed by atoms with van der Waals surface area (Å²) in [7, 11) is 0. The van der Waals surface area contributed by atoms with Gasteiger partial charge in [0.15, 0.2) is 0 Å². The quantitative estimate of drug-likeness (QED) is 0.641. The maximum absolute atomic E-state index is 12.8. The van der Waals surface area contributed by atoms with Crippen molar-refractivity contribution in [2.24, 2.45) is 0 Å². The predicted molar refractivity (Wildman–Crippen MR) is 106 cm³/mol. The first kappa shape index (κ1) is 18.1. The molecule has 0 bridgehead atoms. The molecule has 1 aromatic heterocycles. The van der Waals surface area contributed by atoms with Gasteiger partial charge in [-0.1, -0.05) is 24.3 Å². The van der Waals surface area contributed by atoms with Crippen LogP contribution < -0.4 is 10.1 Å². The highest BCUT2D eigenvalue weighted by molar-refractivity contribution is 5.93. The summed E-state index contributed by atoms with van der Waals surface area (Å²) in [6.45, 7) is 6.05. The Kier molecular flexibility index (Phi) is 4.34. The molecule has 0 spiro atoms. The number of hydrogen-bond acceptors (Lipinski definition) is 4. The maximum Gasteiger partial charge on any atom is 0.269 e. The van der Waals surface area contributed by atoms with Gasteiger partial charge in [-0.15, -0.1) is 0 Å². The molecule has 0 radical (unpaired) electrons. The van der Waals surface area contributed by atoms with Crippen molar-refractivity contribution in [3.05, 3.63) is 65.4 Å². The number of fused-ring (bicyclic) bond motifs is 1. The summed E-state index contributed by atoms with van der Waals surface area (Å²) in [4.78, 5) is 12.8. The number of phenolic OH excluding ortho intramolecular Hbond substituents is 1. The van der Waals surface area contributed by atoms with Crippen LogP contribution in [0.25, 0.3) is 11.3 Å². The highest BCUT2D eigenvalue weighted by atomic mass is 16.5. The number of aromatic hydroxyl groups is 1. The second kappa shape index (κ2) is 6.71. The fraction of sp³-hybridized carbons (Fsp3) is 0.273. The van der Waals surface area contributed by atoms with Crippen molar-refractivity contribution < 1.29 is 14.6 Å². The van der Waals surface area contributed by atoms with Crippen molar-refractivity contribution in [3.63, 3.8) is 0 Å². The van der Waals surface area contributed by atoms with Crippen molar-refractivity contribution in [1.29, 1.82) is 0 Å². The van der Waals surface area contributed by atoms with Crippen LogP contribution >= 0.6 is 0 Å². The standard InChI is InChI=1S/C22H23N3O3/c1-13-8-9-15-18(12-22(2,3)28-20(15)10-13)23-21(27)17-11-16(24-25-17)14-6-4-5-7-19(14)26/h4-11,18,26H,12H2,1-3H3,(H,23,27)(H,24,25)/t18-/m0/s1. The van der Waals surface area contributed by atoms with Gasteiger partial charge in [-0.3, -0.25) is 9.89 Å². The molecule has 1 atom stereocenters. The number of hydrogen-bond donors (Lipinski definition) is 3. The fourth-order valence-electron chi connectivity index (χ4n) is 3.59. The first-order chi connectivity index (χ1) is 13.3. The summed E-state index contributed by atoms with van der Waals surface area (Å²) in [6.07, 6.45) is 0.662. The van der Waals surface area contributed by atoms with E-state index in [1.807, 2.05) is 45.0 Å². The number of carbonyl (C=O) groups excluding carboxylic acids is 1. The smallest absolute Gasteiger partial charge is 0.269 e. The summed E-state index contributed by atoms with van der Waals surface area (Å²) in [5, 5.41) is 20.0. The van der Waals surface area contributed by atoms with Gasteiger partial charge in [-0.2, -0.15) is 5.10 Å². The molecule has 1 aliphatic heterocycles. The van der Waals surface area contributed by atoms with E-state index in [1.165, 1.54) is 0 Å². The molecular weight excluding hydrogens is 354 g/mol. The van der Waals surface area contributed by atoms with Gasteiger partial charge in [0, 0.05) is 17.5 Å². The first-order valence-electron chi connectivity index (χ1n) is 9.27. The fourth-order valence-corrected chi connectivity index (χ4v) is 3.59. The van der Waals surface area contributed by atoms with Crippen LogP contribution in [-0.2, 0) is 0 Å². The lowest BCUT2D eigenvalue weighted by Crippen LogP contribution is -2.41. The largest absolute Gasteiger partial charge is 0.507 e. The zero-order valence-corrected chi connectivity index (χ0v) is 16.1. The normalized spacial score (nSPS) is 17.5. The van der Waals surface area contributed by atoms with E-state index in [0.29, 0.717) is 23.4 Å². The number of rotatable bonds is 3. The number of nitrogens with zero attached hydrogens (tertiary/aromatic N) is 1. The van der Waals surface area contributed by atoms with Gasteiger partial charge >= 0.3 is 0 Å². The molecule has 0 saturated heterocycles. The third-order valence-corrected chi connectivity index (χ3v) is 4.93. The third-order valence-electron chi connectivity index (χ3n) is 4.93. The van der Waals surface area contributed by atoms with Crippen molar-refractivity contribution in [3.8, 4) is 22.8 Å². The van der Waals surface area contributed by atoms with Crippen molar-refractivity contribution in [1.82, 2.24) is 15.5 Å². The minimum Gasteiger partial charge on any atom is -0.507 e. The molecular formula is C22H23N3O3. The SMILES string of the molecule is Cc1ccc2c(c1)OC(C)(C)C[C@@H]2NC(=O)c1cc(-c2ccccc2O)n[nH]1. The molecule has 2 heterocycles. The summed E-state index contributed by atoms with van der Waals surface area (Å²) in [5.74, 6) is 0.681. The number of carbonyl (C=O) groups is 1.